The van der Waals surface area contributed by atoms with Gasteiger partial charge in [0.15, 0.2) is 0 Å². The minimum atomic E-state index is -2.67. The Morgan fingerprint density at radius 3 is 1.50 bits per heavy atom. The number of rotatable bonds is 0. The zero-order valence-corrected chi connectivity index (χ0v) is 5.69. The molecule has 0 saturated carbocycles. The van der Waals surface area contributed by atoms with Gasteiger partial charge in [0.25, 0.3) is 5.81 Å². The van der Waals surface area contributed by atoms with E-state index in [4.69, 9.17) is 39.0 Å². The fourth-order valence-electron chi connectivity index (χ4n) is 0. The summed E-state index contributed by atoms with van der Waals surface area (Å²) in [4.78, 5) is 0. The smallest absolute Gasteiger partial charge is 0.146 e. The van der Waals surface area contributed by atoms with Gasteiger partial charge in [0, 0.05) is 0 Å². The van der Waals surface area contributed by atoms with Crippen LogP contribution in [0.1, 0.15) is 0 Å². The van der Waals surface area contributed by atoms with Crippen molar-refractivity contribution >= 4 is 39.0 Å². The van der Waals surface area contributed by atoms with Crippen molar-refractivity contribution in [2.45, 2.75) is 0 Å². The molecule has 0 aromatic heterocycles. The Bertz CT molecular complexity index is 77.8. The predicted molar refractivity (Wildman–Crippen MR) is 30.1 cm³/mol. The zero-order valence-electron chi connectivity index (χ0n) is 2.53. The molecule has 5 heteroatoms. The number of hydrogen-bond donors (Lipinski definition) is 0. The largest absolute Gasteiger partial charge is 0.409 e. The molecule has 0 saturated heterocycles. The molecule has 34 valence electrons. The number of halogens is 3. The monoisotopic (exact) mass is 162 g/mol. The molecule has 0 aliphatic carbocycles. The van der Waals surface area contributed by atoms with E-state index in [0.717, 1.165) is 0 Å². The first-order valence-corrected chi connectivity index (χ1v) is 5.46. The molecule has 0 atom stereocenters. The molecule has 0 radical (unpaired) electrons. The van der Waals surface area contributed by atoms with Gasteiger partial charge in [-0.2, -0.15) is 0 Å². The van der Waals surface area contributed by atoms with Gasteiger partial charge < -0.3 is 0 Å². The first-order chi connectivity index (χ1) is 2.56. The molecule has 0 N–H and O–H groups in total. The van der Waals surface area contributed by atoms with Crippen molar-refractivity contribution < 1.29 is 0 Å². The molecular weight excluding hydrogens is 163 g/mol. The van der Waals surface area contributed by atoms with Gasteiger partial charge >= 0.3 is 5.32 Å². The van der Waals surface area contributed by atoms with Crippen LogP contribution >= 0.6 is 39.0 Å². The summed E-state index contributed by atoms with van der Waals surface area (Å²) in [5.41, 5.74) is 0. The molecule has 0 rings (SSSR count). The Morgan fingerprint density at radius 2 is 1.50 bits per heavy atom. The molecule has 0 aliphatic rings. The van der Waals surface area contributed by atoms with Crippen LogP contribution in [-0.4, -0.2) is 0 Å². The van der Waals surface area contributed by atoms with Crippen LogP contribution < -0.4 is 0 Å². The summed E-state index contributed by atoms with van der Waals surface area (Å²) < 4.78 is 0. The van der Waals surface area contributed by atoms with Crippen LogP contribution in [0, 0.1) is 11.1 Å². The van der Waals surface area contributed by atoms with Crippen LogP contribution in [0.2, 0.25) is 0 Å². The third-order valence-electron chi connectivity index (χ3n) is 0.113. The van der Waals surface area contributed by atoms with Crippen molar-refractivity contribution in [2.24, 2.45) is 0 Å². The van der Waals surface area contributed by atoms with Gasteiger partial charge in [0.05, 0.1) is 0 Å². The summed E-state index contributed by atoms with van der Waals surface area (Å²) in [6, 6.07) is 0. The summed E-state index contributed by atoms with van der Waals surface area (Å²) in [6.45, 7) is 0. The van der Waals surface area contributed by atoms with Gasteiger partial charge in [-0.05, 0) is 0 Å². The summed E-state index contributed by atoms with van der Waals surface area (Å²) in [7, 11) is 0. The molecule has 0 amide bonds. The van der Waals surface area contributed by atoms with E-state index >= 15 is 0 Å². The molecule has 0 aromatic carbocycles. The fourth-order valence-corrected chi connectivity index (χ4v) is 0. The lowest BCUT2D eigenvalue weighted by Gasteiger charge is -1.73. The van der Waals surface area contributed by atoms with Crippen LogP contribution in [0.5, 0.6) is 0 Å². The average Bonchev–Trinajstić information content (AvgIpc) is 1.35. The average molecular weight is 163 g/mol. The number of nitriles is 1. The van der Waals surface area contributed by atoms with Gasteiger partial charge in [-0.25, -0.2) is 0 Å². The second kappa shape index (κ2) is 2.19. The third-order valence-corrected chi connectivity index (χ3v) is 1.02. The highest BCUT2D eigenvalue weighted by Crippen LogP contribution is 2.72. The van der Waals surface area contributed by atoms with Crippen LogP contribution in [0.4, 0.5) is 0 Å². The van der Waals surface area contributed by atoms with Crippen LogP contribution in [0.3, 0.4) is 0 Å². The van der Waals surface area contributed by atoms with Gasteiger partial charge in [-0.3, -0.25) is 0 Å². The van der Waals surface area contributed by atoms with E-state index in [1.165, 1.54) is 5.81 Å². The summed E-state index contributed by atoms with van der Waals surface area (Å²) >= 11 is 15.0. The van der Waals surface area contributed by atoms with Crippen molar-refractivity contribution in [2.75, 3.05) is 0 Å². The molecule has 0 aliphatic heterocycles. The maximum absolute atomic E-state index is 7.81. The summed E-state index contributed by atoms with van der Waals surface area (Å²) in [5.74, 6) is 1.51. The van der Waals surface area contributed by atoms with Crippen molar-refractivity contribution in [1.29, 1.82) is 5.26 Å². The zero-order chi connectivity index (χ0) is 5.21. The number of nitrogens with zero attached hydrogens (tertiary/aromatic N) is 1. The Morgan fingerprint density at radius 1 is 1.33 bits per heavy atom. The Labute approximate surface area is 50.5 Å². The molecule has 0 spiro atoms. The first kappa shape index (κ1) is 6.79. The first-order valence-electron chi connectivity index (χ1n) is 0.954. The standard InChI is InChI=1S/CCl3NP/c2-6(3,4)1-5/q+1. The Kier molecular flexibility index (Phi) is 2.48. The molecule has 6 heavy (non-hydrogen) atoms. The van der Waals surface area contributed by atoms with Gasteiger partial charge in [-0.1, -0.05) is 0 Å². The minimum absolute atomic E-state index is 1.51. The highest BCUT2D eigenvalue weighted by molar-refractivity contribution is 8.35. The van der Waals surface area contributed by atoms with Gasteiger partial charge in [0.2, 0.25) is 0 Å². The van der Waals surface area contributed by atoms with Crippen molar-refractivity contribution in [3.05, 3.63) is 0 Å². The topological polar surface area (TPSA) is 23.8 Å². The lowest BCUT2D eigenvalue weighted by molar-refractivity contribution is 1.57. The Hall–Kier alpha value is 0.790. The van der Waals surface area contributed by atoms with E-state index in [0.29, 0.717) is 0 Å². The summed E-state index contributed by atoms with van der Waals surface area (Å²) in [6.07, 6.45) is 0. The Balaban J connectivity index is 3.55. The maximum atomic E-state index is 7.81. The second-order valence-corrected chi connectivity index (χ2v) is 7.76. The van der Waals surface area contributed by atoms with Crippen LogP contribution in [-0.2, 0) is 0 Å². The van der Waals surface area contributed by atoms with Gasteiger partial charge in [-0.15, -0.1) is 5.26 Å². The highest BCUT2D eigenvalue weighted by Gasteiger charge is 2.32. The number of hydrogen-bond acceptors (Lipinski definition) is 1. The van der Waals surface area contributed by atoms with Gasteiger partial charge in [0.1, 0.15) is 33.7 Å². The molecular formula is CCl3NP+. The normalized spacial score (nSPS) is 10.3. The van der Waals surface area contributed by atoms with E-state index in [1.54, 1.807) is 0 Å². The fraction of sp³-hybridized carbons (Fsp3) is 0. The van der Waals surface area contributed by atoms with Crippen LogP contribution in [0.25, 0.3) is 0 Å². The third kappa shape index (κ3) is 4.79. The molecule has 0 aromatic rings. The predicted octanol–water partition coefficient (Wildman–Crippen LogP) is 2.95. The van der Waals surface area contributed by atoms with E-state index < -0.39 is 5.32 Å². The molecule has 0 heterocycles. The summed E-state index contributed by atoms with van der Waals surface area (Å²) in [5, 5.41) is 5.13. The van der Waals surface area contributed by atoms with Crippen LogP contribution in [0.15, 0.2) is 0 Å². The highest BCUT2D eigenvalue weighted by atomic mass is 36.1. The molecule has 0 unspecified atom stereocenters. The van der Waals surface area contributed by atoms with E-state index in [1.807, 2.05) is 0 Å². The van der Waals surface area contributed by atoms with Crippen molar-refractivity contribution in [3.63, 3.8) is 0 Å². The molecule has 0 bridgehead atoms. The molecule has 1 nitrogen and oxygen atoms in total. The van der Waals surface area contributed by atoms with Crippen molar-refractivity contribution in [1.82, 2.24) is 0 Å². The second-order valence-electron chi connectivity index (χ2n) is 0.545. The van der Waals surface area contributed by atoms with E-state index in [9.17, 15) is 0 Å². The lowest BCUT2D eigenvalue weighted by Crippen LogP contribution is -1.41. The minimum Gasteiger partial charge on any atom is -0.146 e. The molecule has 0 fully saturated rings. The van der Waals surface area contributed by atoms with E-state index in [-0.39, 0.29) is 0 Å². The van der Waals surface area contributed by atoms with Crippen molar-refractivity contribution in [3.8, 4) is 5.81 Å². The quantitative estimate of drug-likeness (QED) is 0.504. The van der Waals surface area contributed by atoms with E-state index in [2.05, 4.69) is 0 Å². The lowest BCUT2D eigenvalue weighted by atomic mass is 11.8. The maximum Gasteiger partial charge on any atom is 0.409 e. The SMILES string of the molecule is N#C[P+](Cl)(Cl)Cl.